The molecule has 0 amide bonds. The van der Waals surface area contributed by atoms with E-state index in [4.69, 9.17) is 0 Å². The number of aromatic nitrogens is 3. The van der Waals surface area contributed by atoms with Gasteiger partial charge in [-0.1, -0.05) is 0 Å². The number of hydrogen-bond donors (Lipinski definition) is 1. The molecule has 0 aliphatic carbocycles. The van der Waals surface area contributed by atoms with Gasteiger partial charge in [0.25, 0.3) is 0 Å². The van der Waals surface area contributed by atoms with Crippen molar-refractivity contribution in [3.63, 3.8) is 0 Å². The molecule has 0 spiro atoms. The third-order valence-electron chi connectivity index (χ3n) is 2.94. The lowest BCUT2D eigenvalue weighted by atomic mass is 10.2. The molecule has 0 saturated carbocycles. The van der Waals surface area contributed by atoms with Crippen LogP contribution in [0.2, 0.25) is 0 Å². The topological polar surface area (TPSA) is 50.9 Å². The van der Waals surface area contributed by atoms with Gasteiger partial charge in [0.15, 0.2) is 0 Å². The molecule has 0 aromatic carbocycles. The third-order valence-corrected chi connectivity index (χ3v) is 2.94. The molecule has 0 bridgehead atoms. The van der Waals surface area contributed by atoms with Crippen molar-refractivity contribution in [2.24, 2.45) is 0 Å². The lowest BCUT2D eigenvalue weighted by molar-refractivity contribution is 0.281. The third kappa shape index (κ3) is 1.61. The second-order valence-electron chi connectivity index (χ2n) is 3.87. The highest BCUT2D eigenvalue weighted by atomic mass is 16.3. The molecule has 2 aromatic rings. The van der Waals surface area contributed by atoms with Gasteiger partial charge < -0.3 is 5.11 Å². The van der Waals surface area contributed by atoms with Gasteiger partial charge in [0.05, 0.1) is 24.2 Å². The first-order chi connectivity index (χ1) is 7.65. The molecule has 4 nitrogen and oxygen atoms in total. The molecule has 16 heavy (non-hydrogen) atoms. The summed E-state index contributed by atoms with van der Waals surface area (Å²) in [6.45, 7) is 6.04. The lowest BCUT2D eigenvalue weighted by Crippen LogP contribution is -2.04. The van der Waals surface area contributed by atoms with E-state index in [2.05, 4.69) is 10.1 Å². The average Bonchev–Trinajstić information content (AvgIpc) is 2.57. The van der Waals surface area contributed by atoms with Crippen LogP contribution in [0, 0.1) is 20.8 Å². The Labute approximate surface area is 94.6 Å². The van der Waals surface area contributed by atoms with E-state index >= 15 is 0 Å². The molecule has 1 N–H and O–H groups in total. The molecule has 84 valence electrons. The molecular formula is C12H15N3O. The van der Waals surface area contributed by atoms with Crippen molar-refractivity contribution in [2.75, 3.05) is 0 Å². The molecule has 0 saturated heterocycles. The predicted octanol–water partition coefficient (Wildman–Crippen LogP) is 1.68. The highest BCUT2D eigenvalue weighted by Crippen LogP contribution is 2.19. The molecule has 0 unspecified atom stereocenters. The van der Waals surface area contributed by atoms with E-state index < -0.39 is 0 Å². The minimum absolute atomic E-state index is 0.00471. The lowest BCUT2D eigenvalue weighted by Gasteiger charge is -2.08. The maximum atomic E-state index is 9.28. The summed E-state index contributed by atoms with van der Waals surface area (Å²) in [6.07, 6.45) is 3.40. The highest BCUT2D eigenvalue weighted by molar-refractivity contribution is 5.40. The van der Waals surface area contributed by atoms with Crippen LogP contribution in [0.5, 0.6) is 0 Å². The van der Waals surface area contributed by atoms with E-state index in [0.29, 0.717) is 0 Å². The van der Waals surface area contributed by atoms with Gasteiger partial charge in [-0.2, -0.15) is 5.10 Å². The van der Waals surface area contributed by atoms with Gasteiger partial charge in [-0.25, -0.2) is 4.68 Å². The smallest absolute Gasteiger partial charge is 0.0887 e. The zero-order valence-corrected chi connectivity index (χ0v) is 9.73. The van der Waals surface area contributed by atoms with Gasteiger partial charge in [0.1, 0.15) is 0 Å². The summed E-state index contributed by atoms with van der Waals surface area (Å²) < 4.78 is 1.84. The van der Waals surface area contributed by atoms with E-state index in [0.717, 1.165) is 22.6 Å². The first-order valence-electron chi connectivity index (χ1n) is 5.22. The van der Waals surface area contributed by atoms with Gasteiger partial charge in [0.2, 0.25) is 0 Å². The summed E-state index contributed by atoms with van der Waals surface area (Å²) >= 11 is 0. The Morgan fingerprint density at radius 1 is 1.31 bits per heavy atom. The summed E-state index contributed by atoms with van der Waals surface area (Å²) in [6, 6.07) is 1.81. The minimum Gasteiger partial charge on any atom is -0.392 e. The monoisotopic (exact) mass is 217 g/mol. The van der Waals surface area contributed by atoms with Crippen LogP contribution in [-0.4, -0.2) is 19.9 Å². The minimum atomic E-state index is -0.00471. The van der Waals surface area contributed by atoms with Gasteiger partial charge >= 0.3 is 0 Å². The summed E-state index contributed by atoms with van der Waals surface area (Å²) in [7, 11) is 0. The second kappa shape index (κ2) is 4.06. The fraction of sp³-hybridized carbons (Fsp3) is 0.333. The van der Waals surface area contributed by atoms with E-state index in [1.54, 1.807) is 18.5 Å². The Morgan fingerprint density at radius 2 is 2.06 bits per heavy atom. The van der Waals surface area contributed by atoms with Crippen LogP contribution < -0.4 is 0 Å². The van der Waals surface area contributed by atoms with Gasteiger partial charge in [-0.05, 0) is 32.4 Å². The number of aliphatic hydroxyl groups is 1. The summed E-state index contributed by atoms with van der Waals surface area (Å²) in [5, 5.41) is 13.7. The maximum Gasteiger partial charge on any atom is 0.0887 e. The summed E-state index contributed by atoms with van der Waals surface area (Å²) in [5.74, 6) is 0. The number of hydrogen-bond acceptors (Lipinski definition) is 3. The number of aryl methyl sites for hydroxylation is 1. The number of pyridine rings is 1. The van der Waals surface area contributed by atoms with Crippen molar-refractivity contribution in [2.45, 2.75) is 27.4 Å². The maximum absolute atomic E-state index is 9.28. The predicted molar refractivity (Wildman–Crippen MR) is 61.5 cm³/mol. The van der Waals surface area contributed by atoms with Crippen molar-refractivity contribution in [3.8, 4) is 5.69 Å². The van der Waals surface area contributed by atoms with Crippen molar-refractivity contribution >= 4 is 0 Å². The Bertz CT molecular complexity index is 517. The number of aliphatic hydroxyl groups excluding tert-OH is 1. The average molecular weight is 217 g/mol. The normalized spacial score (nSPS) is 10.8. The fourth-order valence-corrected chi connectivity index (χ4v) is 1.69. The molecule has 0 fully saturated rings. The fourth-order valence-electron chi connectivity index (χ4n) is 1.69. The van der Waals surface area contributed by atoms with Gasteiger partial charge in [-0.15, -0.1) is 0 Å². The zero-order chi connectivity index (χ0) is 11.7. The Kier molecular flexibility index (Phi) is 2.75. The summed E-state index contributed by atoms with van der Waals surface area (Å²) in [4.78, 5) is 4.08. The Balaban J connectivity index is 2.63. The van der Waals surface area contributed by atoms with Crippen LogP contribution in [0.3, 0.4) is 0 Å². The molecule has 0 radical (unpaired) electrons. The van der Waals surface area contributed by atoms with Gasteiger partial charge in [0, 0.05) is 17.5 Å². The SMILES string of the molecule is Cc1nn(-c2cnccc2CO)c(C)c1C. The second-order valence-corrected chi connectivity index (χ2v) is 3.87. The van der Waals surface area contributed by atoms with Crippen molar-refractivity contribution in [1.29, 1.82) is 0 Å². The van der Waals surface area contributed by atoms with Crippen molar-refractivity contribution in [1.82, 2.24) is 14.8 Å². The molecule has 2 rings (SSSR count). The quantitative estimate of drug-likeness (QED) is 0.832. The number of rotatable bonds is 2. The molecule has 2 aromatic heterocycles. The van der Waals surface area contributed by atoms with Crippen LogP contribution in [0.1, 0.15) is 22.5 Å². The Morgan fingerprint density at radius 3 is 2.62 bits per heavy atom. The van der Waals surface area contributed by atoms with Crippen LogP contribution in [-0.2, 0) is 6.61 Å². The molecule has 0 aliphatic rings. The molecule has 0 atom stereocenters. The zero-order valence-electron chi connectivity index (χ0n) is 9.73. The molecule has 4 heteroatoms. The van der Waals surface area contributed by atoms with E-state index in [1.807, 2.05) is 25.5 Å². The molecule has 2 heterocycles. The summed E-state index contributed by atoms with van der Waals surface area (Å²) in [5.41, 5.74) is 4.94. The Hall–Kier alpha value is -1.68. The van der Waals surface area contributed by atoms with Crippen LogP contribution in [0.4, 0.5) is 0 Å². The van der Waals surface area contributed by atoms with Crippen molar-refractivity contribution < 1.29 is 5.11 Å². The molecular weight excluding hydrogens is 202 g/mol. The van der Waals surface area contributed by atoms with E-state index in [9.17, 15) is 5.11 Å². The van der Waals surface area contributed by atoms with Crippen LogP contribution in [0.25, 0.3) is 5.69 Å². The van der Waals surface area contributed by atoms with E-state index in [-0.39, 0.29) is 6.61 Å². The van der Waals surface area contributed by atoms with Crippen molar-refractivity contribution in [3.05, 3.63) is 41.0 Å². The van der Waals surface area contributed by atoms with E-state index in [1.165, 1.54) is 5.56 Å². The largest absolute Gasteiger partial charge is 0.392 e. The van der Waals surface area contributed by atoms with Crippen LogP contribution >= 0.6 is 0 Å². The standard InChI is InChI=1S/C12H15N3O/c1-8-9(2)14-15(10(8)3)12-6-13-5-4-11(12)7-16/h4-6,16H,7H2,1-3H3. The number of nitrogens with zero attached hydrogens (tertiary/aromatic N) is 3. The first-order valence-corrected chi connectivity index (χ1v) is 5.22. The van der Waals surface area contributed by atoms with Gasteiger partial charge in [-0.3, -0.25) is 4.98 Å². The van der Waals surface area contributed by atoms with Crippen LogP contribution in [0.15, 0.2) is 18.5 Å². The highest BCUT2D eigenvalue weighted by Gasteiger charge is 2.11. The first kappa shape index (κ1) is 10.8. The molecule has 0 aliphatic heterocycles.